The predicted octanol–water partition coefficient (Wildman–Crippen LogP) is 7.96. The van der Waals surface area contributed by atoms with Crippen LogP contribution >= 0.6 is 0 Å². The van der Waals surface area contributed by atoms with Crippen LogP contribution in [0.2, 0.25) is 0 Å². The number of fused-ring (bicyclic) bond motifs is 2. The monoisotopic (exact) mass is 560 g/mol. The zero-order valence-electron chi connectivity index (χ0n) is 23.2. The molecule has 2 aromatic heterocycles. The molecule has 0 radical (unpaired) electrons. The van der Waals surface area contributed by atoms with Crippen molar-refractivity contribution in [1.29, 1.82) is 0 Å². The highest BCUT2D eigenvalue weighted by Gasteiger charge is 2.10. The summed E-state index contributed by atoms with van der Waals surface area (Å²) in [4.78, 5) is 13.6. The molecule has 8 heteroatoms. The molecular formula is C35H28N8. The number of aromatic nitrogens is 4. The summed E-state index contributed by atoms with van der Waals surface area (Å²) in [6, 6.07) is 42.9. The number of nitrogens with one attached hydrogen (secondary N) is 3. The lowest BCUT2D eigenvalue weighted by Crippen LogP contribution is -2.07. The Labute approximate surface area is 248 Å². The van der Waals surface area contributed by atoms with Gasteiger partial charge in [-0.25, -0.2) is 5.43 Å². The number of rotatable bonds is 9. The van der Waals surface area contributed by atoms with E-state index in [1.54, 1.807) is 6.21 Å². The van der Waals surface area contributed by atoms with E-state index >= 15 is 0 Å². The Hall–Kier alpha value is -6.02. The Morgan fingerprint density at radius 2 is 1.21 bits per heavy atom. The quantitative estimate of drug-likeness (QED) is 0.123. The molecule has 0 aliphatic rings. The van der Waals surface area contributed by atoms with Gasteiger partial charge in [-0.1, -0.05) is 91.0 Å². The maximum Gasteiger partial charge on any atom is 0.250 e. The summed E-state index contributed by atoms with van der Waals surface area (Å²) in [6.45, 7) is 0.753. The maximum absolute atomic E-state index is 4.55. The van der Waals surface area contributed by atoms with Crippen molar-refractivity contribution in [3.8, 4) is 0 Å². The van der Waals surface area contributed by atoms with Crippen LogP contribution in [0.15, 0.2) is 139 Å². The van der Waals surface area contributed by atoms with Gasteiger partial charge in [0.05, 0.1) is 6.21 Å². The number of hydrazone groups is 1. The van der Waals surface area contributed by atoms with E-state index in [9.17, 15) is 0 Å². The minimum Gasteiger partial charge on any atom is -0.342 e. The first-order valence-corrected chi connectivity index (χ1v) is 14.0. The van der Waals surface area contributed by atoms with Crippen molar-refractivity contribution in [3.05, 3.63) is 145 Å². The fourth-order valence-corrected chi connectivity index (χ4v) is 5.04. The molecule has 0 fully saturated rings. The molecule has 3 N–H and O–H groups in total. The van der Waals surface area contributed by atoms with Gasteiger partial charge in [-0.15, -0.1) is 0 Å². The molecule has 208 valence electrons. The average Bonchev–Trinajstić information content (AvgIpc) is 3.39. The molecular weight excluding hydrogens is 532 g/mol. The first-order chi connectivity index (χ1) is 21.3. The lowest BCUT2D eigenvalue weighted by molar-refractivity contribution is 0.837. The molecule has 0 saturated heterocycles. The first-order valence-electron chi connectivity index (χ1n) is 14.0. The van der Waals surface area contributed by atoms with E-state index in [0.29, 0.717) is 17.8 Å². The van der Waals surface area contributed by atoms with Gasteiger partial charge in [0.2, 0.25) is 17.8 Å². The molecule has 7 rings (SSSR count). The zero-order valence-corrected chi connectivity index (χ0v) is 23.2. The molecule has 0 amide bonds. The van der Waals surface area contributed by atoms with Crippen LogP contribution in [0.3, 0.4) is 0 Å². The molecule has 0 spiro atoms. The van der Waals surface area contributed by atoms with Crippen LogP contribution in [0.5, 0.6) is 0 Å². The highest BCUT2D eigenvalue weighted by Crippen LogP contribution is 2.23. The summed E-state index contributed by atoms with van der Waals surface area (Å²) >= 11 is 0. The zero-order chi connectivity index (χ0) is 28.8. The Morgan fingerprint density at radius 3 is 1.93 bits per heavy atom. The second-order valence-corrected chi connectivity index (χ2v) is 10.1. The van der Waals surface area contributed by atoms with Crippen molar-refractivity contribution >= 4 is 57.1 Å². The SMILES string of the molecule is C(=N\Nc1nc(Nc2ccccc2)nc(Nc2ccccc2)n1)/c1cn(Cc2ccc3ccccc3c2)c2ccccc12. The van der Waals surface area contributed by atoms with Crippen molar-refractivity contribution in [3.63, 3.8) is 0 Å². The summed E-state index contributed by atoms with van der Waals surface area (Å²) in [7, 11) is 0. The molecule has 7 aromatic rings. The molecule has 0 aliphatic carbocycles. The van der Waals surface area contributed by atoms with Crippen molar-refractivity contribution in [2.75, 3.05) is 16.1 Å². The number of nitrogens with zero attached hydrogens (tertiary/aromatic N) is 5. The number of anilines is 5. The van der Waals surface area contributed by atoms with Crippen LogP contribution in [-0.4, -0.2) is 25.7 Å². The van der Waals surface area contributed by atoms with Gasteiger partial charge < -0.3 is 15.2 Å². The second kappa shape index (κ2) is 11.8. The third-order valence-corrected chi connectivity index (χ3v) is 7.05. The molecule has 0 unspecified atom stereocenters. The lowest BCUT2D eigenvalue weighted by atomic mass is 10.1. The van der Waals surface area contributed by atoms with E-state index in [-0.39, 0.29) is 0 Å². The normalized spacial score (nSPS) is 11.3. The molecule has 2 heterocycles. The van der Waals surface area contributed by atoms with Gasteiger partial charge in [-0.05, 0) is 52.7 Å². The highest BCUT2D eigenvalue weighted by molar-refractivity contribution is 5.99. The Bertz CT molecular complexity index is 1970. The van der Waals surface area contributed by atoms with E-state index in [1.165, 1.54) is 16.3 Å². The largest absolute Gasteiger partial charge is 0.342 e. The van der Waals surface area contributed by atoms with Crippen LogP contribution in [0, 0.1) is 0 Å². The van der Waals surface area contributed by atoms with Crippen LogP contribution < -0.4 is 16.1 Å². The topological polar surface area (TPSA) is 92.1 Å². The van der Waals surface area contributed by atoms with Crippen LogP contribution in [0.25, 0.3) is 21.7 Å². The minimum atomic E-state index is 0.308. The third kappa shape index (κ3) is 6.03. The van der Waals surface area contributed by atoms with Crippen LogP contribution in [-0.2, 0) is 6.54 Å². The summed E-state index contributed by atoms with van der Waals surface area (Å²) in [5.41, 5.74) is 8.11. The Kier molecular flexibility index (Phi) is 7.14. The van der Waals surface area contributed by atoms with Gasteiger partial charge in [0.25, 0.3) is 0 Å². The molecule has 5 aromatic carbocycles. The van der Waals surface area contributed by atoms with Gasteiger partial charge in [0, 0.05) is 40.6 Å². The van der Waals surface area contributed by atoms with Crippen molar-refractivity contribution in [2.24, 2.45) is 5.10 Å². The van der Waals surface area contributed by atoms with Crippen molar-refractivity contribution < 1.29 is 0 Å². The van der Waals surface area contributed by atoms with Gasteiger partial charge in [-0.2, -0.15) is 20.1 Å². The van der Waals surface area contributed by atoms with Crippen molar-refractivity contribution in [1.82, 2.24) is 19.5 Å². The van der Waals surface area contributed by atoms with E-state index in [1.807, 2.05) is 66.7 Å². The lowest BCUT2D eigenvalue weighted by Gasteiger charge is -2.10. The number of benzene rings is 5. The predicted molar refractivity (Wildman–Crippen MR) is 175 cm³/mol. The Balaban J connectivity index is 1.15. The maximum atomic E-state index is 4.55. The fraction of sp³-hybridized carbons (Fsp3) is 0.0286. The van der Waals surface area contributed by atoms with Gasteiger partial charge in [-0.3, -0.25) is 0 Å². The molecule has 0 saturated carbocycles. The number of hydrogen-bond acceptors (Lipinski definition) is 7. The summed E-state index contributed by atoms with van der Waals surface area (Å²) < 4.78 is 2.26. The molecule has 43 heavy (non-hydrogen) atoms. The van der Waals surface area contributed by atoms with E-state index in [2.05, 4.69) is 108 Å². The minimum absolute atomic E-state index is 0.308. The molecule has 0 atom stereocenters. The Morgan fingerprint density at radius 1 is 0.605 bits per heavy atom. The highest BCUT2D eigenvalue weighted by atomic mass is 15.4. The van der Waals surface area contributed by atoms with Crippen molar-refractivity contribution in [2.45, 2.75) is 6.54 Å². The number of hydrogen-bond donors (Lipinski definition) is 3. The number of para-hydroxylation sites is 3. The van der Waals surface area contributed by atoms with Crippen LogP contribution in [0.1, 0.15) is 11.1 Å². The van der Waals surface area contributed by atoms with E-state index in [4.69, 9.17) is 0 Å². The van der Waals surface area contributed by atoms with E-state index < -0.39 is 0 Å². The van der Waals surface area contributed by atoms with Gasteiger partial charge >= 0.3 is 0 Å². The van der Waals surface area contributed by atoms with Crippen LogP contribution in [0.4, 0.5) is 29.2 Å². The third-order valence-electron chi connectivity index (χ3n) is 7.05. The fourth-order valence-electron chi connectivity index (χ4n) is 5.04. The first kappa shape index (κ1) is 25.9. The summed E-state index contributed by atoms with van der Waals surface area (Å²) in [5, 5.41) is 14.6. The molecule has 8 nitrogen and oxygen atoms in total. The average molecular weight is 561 g/mol. The molecule has 0 aliphatic heterocycles. The summed E-state index contributed by atoms with van der Waals surface area (Å²) in [6.07, 6.45) is 3.93. The second-order valence-electron chi connectivity index (χ2n) is 10.1. The van der Waals surface area contributed by atoms with Gasteiger partial charge in [0.15, 0.2) is 0 Å². The smallest absolute Gasteiger partial charge is 0.250 e. The standard InChI is InChI=1S/C35H28N8/c1-3-13-29(14-4-1)37-33-39-34(38-30-15-5-2-6-16-30)41-35(40-33)42-36-22-28-24-43(32-18-10-9-17-31(28)32)23-25-19-20-26-11-7-8-12-27(26)21-25/h1-22,24H,23H2,(H3,37,38,39,40,41,42)/b36-22+. The van der Waals surface area contributed by atoms with E-state index in [0.717, 1.165) is 34.4 Å². The van der Waals surface area contributed by atoms with Gasteiger partial charge in [0.1, 0.15) is 0 Å². The molecule has 0 bridgehead atoms. The summed E-state index contributed by atoms with van der Waals surface area (Å²) in [5.74, 6) is 1.09.